The van der Waals surface area contributed by atoms with E-state index >= 15 is 0 Å². The molecule has 2 aliphatic heterocycles. The first kappa shape index (κ1) is 22.9. The molecular formula is C22H21Cl2N3O4S. The second-order valence-electron chi connectivity index (χ2n) is 7.52. The van der Waals surface area contributed by atoms with E-state index in [-0.39, 0.29) is 12.5 Å². The van der Waals surface area contributed by atoms with E-state index in [1.54, 1.807) is 23.1 Å². The number of imide groups is 1. The highest BCUT2D eigenvalue weighted by Crippen LogP contribution is 2.34. The van der Waals surface area contributed by atoms with Crippen molar-refractivity contribution >= 4 is 58.1 Å². The van der Waals surface area contributed by atoms with Crippen LogP contribution in [0.25, 0.3) is 11.8 Å². The van der Waals surface area contributed by atoms with Crippen LogP contribution in [-0.2, 0) is 14.3 Å². The Hall–Kier alpha value is -2.26. The number of rotatable bonds is 4. The number of nitrogens with zero attached hydrogens (tertiary/aromatic N) is 3. The highest BCUT2D eigenvalue weighted by atomic mass is 35.5. The molecule has 2 saturated heterocycles. The van der Waals surface area contributed by atoms with E-state index in [0.29, 0.717) is 41.3 Å². The molecule has 7 nitrogen and oxygen atoms in total. The fourth-order valence-electron chi connectivity index (χ4n) is 3.78. The molecule has 0 N–H and O–H groups in total. The summed E-state index contributed by atoms with van der Waals surface area (Å²) in [4.78, 5) is 40.7. The van der Waals surface area contributed by atoms with Crippen LogP contribution in [-0.4, -0.2) is 64.3 Å². The maximum atomic E-state index is 12.9. The minimum Gasteiger partial charge on any atom is -0.378 e. The second kappa shape index (κ2) is 9.31. The average Bonchev–Trinajstić information content (AvgIpc) is 3.20. The van der Waals surface area contributed by atoms with E-state index in [1.165, 1.54) is 0 Å². The molecule has 0 radical (unpaired) electrons. The first-order valence-corrected chi connectivity index (χ1v) is 11.6. The summed E-state index contributed by atoms with van der Waals surface area (Å²) >= 11 is 13.1. The van der Waals surface area contributed by atoms with Gasteiger partial charge in [-0.05, 0) is 61.5 Å². The van der Waals surface area contributed by atoms with Crippen LogP contribution in [0.2, 0.25) is 10.0 Å². The van der Waals surface area contributed by atoms with E-state index < -0.39 is 11.1 Å². The van der Waals surface area contributed by atoms with Crippen molar-refractivity contribution in [1.29, 1.82) is 0 Å². The van der Waals surface area contributed by atoms with Gasteiger partial charge >= 0.3 is 0 Å². The quantitative estimate of drug-likeness (QED) is 0.593. The number of morpholine rings is 1. The molecule has 2 fully saturated rings. The Balaban J connectivity index is 1.56. The number of hydrogen-bond acceptors (Lipinski definition) is 5. The van der Waals surface area contributed by atoms with Crippen LogP contribution in [0.3, 0.4) is 0 Å². The molecule has 1 aromatic carbocycles. The van der Waals surface area contributed by atoms with Gasteiger partial charge < -0.3 is 14.2 Å². The summed E-state index contributed by atoms with van der Waals surface area (Å²) in [6, 6.07) is 7.31. The lowest BCUT2D eigenvalue weighted by molar-refractivity contribution is -0.139. The predicted octanol–water partition coefficient (Wildman–Crippen LogP) is 4.30. The highest BCUT2D eigenvalue weighted by Gasteiger charge is 2.37. The molecule has 3 amide bonds. The standard InChI is InChI=1S/C22H21Cl2N3O4S/c1-13-9-15(14(2)27(13)16-3-4-17(23)18(24)11-16)10-19-21(29)26(22(30)32-19)12-20(28)25-5-7-31-8-6-25/h3-4,9-11H,5-8,12H2,1-2H3/b19-10-. The lowest BCUT2D eigenvalue weighted by atomic mass is 10.2. The third-order valence-electron chi connectivity index (χ3n) is 5.45. The molecule has 0 bridgehead atoms. The summed E-state index contributed by atoms with van der Waals surface area (Å²) in [6.45, 7) is 5.46. The van der Waals surface area contributed by atoms with Gasteiger partial charge in [-0.1, -0.05) is 23.2 Å². The minimum absolute atomic E-state index is 0.255. The maximum absolute atomic E-state index is 12.9. The topological polar surface area (TPSA) is 71.9 Å². The molecule has 10 heteroatoms. The van der Waals surface area contributed by atoms with E-state index in [4.69, 9.17) is 27.9 Å². The third-order valence-corrected chi connectivity index (χ3v) is 7.10. The molecule has 32 heavy (non-hydrogen) atoms. The summed E-state index contributed by atoms with van der Waals surface area (Å²) < 4.78 is 7.24. The minimum atomic E-state index is -0.457. The Labute approximate surface area is 199 Å². The maximum Gasteiger partial charge on any atom is 0.294 e. The SMILES string of the molecule is Cc1cc(/C=C2\SC(=O)N(CC(=O)N3CCOCC3)C2=O)c(C)n1-c1ccc(Cl)c(Cl)c1. The molecule has 1 aromatic heterocycles. The van der Waals surface area contributed by atoms with Gasteiger partial charge in [0, 0.05) is 30.2 Å². The van der Waals surface area contributed by atoms with Crippen LogP contribution >= 0.6 is 35.0 Å². The van der Waals surface area contributed by atoms with Crippen LogP contribution in [0.15, 0.2) is 29.2 Å². The lowest BCUT2D eigenvalue weighted by Crippen LogP contribution is -2.46. The Bertz CT molecular complexity index is 1140. The van der Waals surface area contributed by atoms with Gasteiger partial charge in [0.2, 0.25) is 5.91 Å². The highest BCUT2D eigenvalue weighted by molar-refractivity contribution is 8.18. The van der Waals surface area contributed by atoms with Crippen molar-refractivity contribution in [3.8, 4) is 5.69 Å². The van der Waals surface area contributed by atoms with E-state index in [0.717, 1.165) is 39.3 Å². The zero-order valence-electron chi connectivity index (χ0n) is 17.6. The van der Waals surface area contributed by atoms with Crippen molar-refractivity contribution in [3.63, 3.8) is 0 Å². The fraction of sp³-hybridized carbons (Fsp3) is 0.318. The summed E-state index contributed by atoms with van der Waals surface area (Å²) in [7, 11) is 0. The van der Waals surface area contributed by atoms with Gasteiger partial charge in [0.05, 0.1) is 28.2 Å². The number of aryl methyl sites for hydroxylation is 1. The predicted molar refractivity (Wildman–Crippen MR) is 125 cm³/mol. The Kier molecular flexibility index (Phi) is 6.67. The van der Waals surface area contributed by atoms with Gasteiger partial charge in [0.1, 0.15) is 6.54 Å². The zero-order valence-corrected chi connectivity index (χ0v) is 19.9. The molecule has 4 rings (SSSR count). The molecular weight excluding hydrogens is 473 g/mol. The van der Waals surface area contributed by atoms with Crippen LogP contribution in [0.5, 0.6) is 0 Å². The number of aromatic nitrogens is 1. The summed E-state index contributed by atoms with van der Waals surface area (Å²) in [5.74, 6) is -0.712. The van der Waals surface area contributed by atoms with Crippen LogP contribution in [0.1, 0.15) is 17.0 Å². The van der Waals surface area contributed by atoms with Crippen molar-refractivity contribution < 1.29 is 19.1 Å². The Morgan fingerprint density at radius 2 is 1.84 bits per heavy atom. The van der Waals surface area contributed by atoms with Crippen molar-refractivity contribution in [2.24, 2.45) is 0 Å². The number of benzene rings is 1. The average molecular weight is 494 g/mol. The monoisotopic (exact) mass is 493 g/mol. The molecule has 3 heterocycles. The number of carbonyl (C=O) groups excluding carboxylic acids is 3. The first-order valence-electron chi connectivity index (χ1n) is 10.0. The van der Waals surface area contributed by atoms with Crippen molar-refractivity contribution in [2.75, 3.05) is 32.8 Å². The molecule has 0 spiro atoms. The number of ether oxygens (including phenoxy) is 1. The van der Waals surface area contributed by atoms with Gasteiger partial charge in [-0.25, -0.2) is 0 Å². The Morgan fingerprint density at radius 3 is 2.53 bits per heavy atom. The molecule has 0 aliphatic carbocycles. The molecule has 0 unspecified atom stereocenters. The van der Waals surface area contributed by atoms with Crippen molar-refractivity contribution in [3.05, 3.63) is 56.2 Å². The van der Waals surface area contributed by atoms with Crippen molar-refractivity contribution in [2.45, 2.75) is 13.8 Å². The summed E-state index contributed by atoms with van der Waals surface area (Å²) in [5, 5.41) is 0.476. The largest absolute Gasteiger partial charge is 0.378 e. The van der Waals surface area contributed by atoms with Crippen molar-refractivity contribution in [1.82, 2.24) is 14.4 Å². The lowest BCUT2D eigenvalue weighted by Gasteiger charge is -2.28. The summed E-state index contributed by atoms with van der Waals surface area (Å²) in [6.07, 6.45) is 1.69. The van der Waals surface area contributed by atoms with Crippen LogP contribution in [0, 0.1) is 13.8 Å². The number of amides is 3. The van der Waals surface area contributed by atoms with Gasteiger partial charge in [-0.3, -0.25) is 19.3 Å². The number of hydrogen-bond donors (Lipinski definition) is 0. The number of carbonyl (C=O) groups is 3. The van der Waals surface area contributed by atoms with Crippen LogP contribution in [0.4, 0.5) is 4.79 Å². The van der Waals surface area contributed by atoms with Gasteiger partial charge in [-0.15, -0.1) is 0 Å². The molecule has 168 valence electrons. The molecule has 2 aromatic rings. The number of halogens is 2. The van der Waals surface area contributed by atoms with E-state index in [9.17, 15) is 14.4 Å². The van der Waals surface area contributed by atoms with E-state index in [2.05, 4.69) is 0 Å². The van der Waals surface area contributed by atoms with E-state index in [1.807, 2.05) is 30.5 Å². The first-order chi connectivity index (χ1) is 15.3. The molecule has 2 aliphatic rings. The second-order valence-corrected chi connectivity index (χ2v) is 9.33. The smallest absolute Gasteiger partial charge is 0.294 e. The molecule has 0 atom stereocenters. The third kappa shape index (κ3) is 4.45. The molecule has 0 saturated carbocycles. The Morgan fingerprint density at radius 1 is 1.12 bits per heavy atom. The van der Waals surface area contributed by atoms with Gasteiger partial charge in [0.25, 0.3) is 11.1 Å². The normalized spacial score (nSPS) is 18.2. The summed E-state index contributed by atoms with van der Waals surface area (Å²) in [5.41, 5.74) is 3.47. The van der Waals surface area contributed by atoms with Crippen LogP contribution < -0.4 is 0 Å². The fourth-order valence-corrected chi connectivity index (χ4v) is 4.90. The number of thioether (sulfide) groups is 1. The van der Waals surface area contributed by atoms with Gasteiger partial charge in [-0.2, -0.15) is 0 Å². The van der Waals surface area contributed by atoms with Gasteiger partial charge in [0.15, 0.2) is 0 Å². The zero-order chi connectivity index (χ0) is 23.0.